The Morgan fingerprint density at radius 2 is 1.92 bits per heavy atom. The summed E-state index contributed by atoms with van der Waals surface area (Å²) >= 11 is 5.19. The number of hydroxylamine groups is 1. The first-order valence-corrected chi connectivity index (χ1v) is 4.04. The summed E-state index contributed by atoms with van der Waals surface area (Å²) in [5.41, 5.74) is 0.622. The van der Waals surface area contributed by atoms with Crippen LogP contribution in [0.1, 0.15) is 0 Å². The normalized spacial score (nSPS) is 12.3. The highest BCUT2D eigenvalue weighted by Crippen LogP contribution is 2.18. The van der Waals surface area contributed by atoms with E-state index < -0.39 is 5.75 Å². The van der Waals surface area contributed by atoms with Crippen LogP contribution < -0.4 is 9.80 Å². The third-order valence-corrected chi connectivity index (χ3v) is 1.53. The number of hydrogen-bond donors (Lipinski definition) is 2. The molecule has 0 saturated heterocycles. The molecular weight excluding hydrogens is 194 g/mol. The predicted octanol–water partition coefficient (Wildman–Crippen LogP) is 1.41. The molecule has 0 fully saturated rings. The fraction of sp³-hybridized carbons (Fsp3) is 0.250. The van der Waals surface area contributed by atoms with E-state index in [9.17, 15) is 0 Å². The van der Waals surface area contributed by atoms with E-state index in [4.69, 9.17) is 26.7 Å². The molecule has 0 bridgehead atoms. The van der Waals surface area contributed by atoms with Gasteiger partial charge >= 0.3 is 0 Å². The smallest absolute Gasteiger partial charge is 0.277 e. The van der Waals surface area contributed by atoms with Crippen molar-refractivity contribution < 1.29 is 15.1 Å². The van der Waals surface area contributed by atoms with Crippen molar-refractivity contribution in [1.82, 2.24) is 0 Å². The van der Waals surface area contributed by atoms with Crippen LogP contribution in [0.3, 0.4) is 0 Å². The Balaban J connectivity index is 2.70. The molecule has 0 amide bonds. The molecule has 2 N–H and O–H groups in total. The molecule has 0 aliphatic carbocycles. The lowest BCUT2D eigenvalue weighted by Crippen LogP contribution is -2.10. The van der Waals surface area contributed by atoms with Gasteiger partial charge in [0.15, 0.2) is 0 Å². The van der Waals surface area contributed by atoms with E-state index in [1.54, 1.807) is 24.3 Å². The summed E-state index contributed by atoms with van der Waals surface area (Å²) in [6.45, 7) is 0. The van der Waals surface area contributed by atoms with Crippen LogP contribution in [0.4, 0.5) is 5.69 Å². The van der Waals surface area contributed by atoms with Crippen molar-refractivity contribution in [3.8, 4) is 5.75 Å². The van der Waals surface area contributed by atoms with Crippen LogP contribution in [0.2, 0.25) is 0 Å². The van der Waals surface area contributed by atoms with Gasteiger partial charge in [0.1, 0.15) is 5.75 Å². The van der Waals surface area contributed by atoms with Gasteiger partial charge in [0.25, 0.3) is 5.75 Å². The van der Waals surface area contributed by atoms with E-state index in [2.05, 4.69) is 0 Å². The lowest BCUT2D eigenvalue weighted by molar-refractivity contribution is 0.0554. The first kappa shape index (κ1) is 10.1. The van der Waals surface area contributed by atoms with Gasteiger partial charge in [-0.2, -0.15) is 0 Å². The molecule has 1 rings (SSSR count). The monoisotopic (exact) mass is 203 g/mol. The van der Waals surface area contributed by atoms with E-state index >= 15 is 0 Å². The largest absolute Gasteiger partial charge is 0.451 e. The number of alkyl halides is 1. The van der Waals surface area contributed by atoms with E-state index in [1.807, 2.05) is 0 Å². The average molecular weight is 204 g/mol. The second-order valence-electron chi connectivity index (χ2n) is 2.43. The molecule has 1 aromatic rings. The number of aliphatic hydroxyl groups is 1. The molecule has 4 nitrogen and oxygen atoms in total. The fourth-order valence-corrected chi connectivity index (χ4v) is 0.956. The van der Waals surface area contributed by atoms with Gasteiger partial charge in [-0.1, -0.05) is 0 Å². The van der Waals surface area contributed by atoms with Crippen LogP contribution in [0.5, 0.6) is 5.75 Å². The Kier molecular flexibility index (Phi) is 3.36. The van der Waals surface area contributed by atoms with Gasteiger partial charge in [-0.15, -0.1) is 0 Å². The minimum atomic E-state index is -1.35. The molecule has 0 heterocycles. The molecular formula is C8H10ClNO3. The van der Waals surface area contributed by atoms with Gasteiger partial charge in [-0.25, -0.2) is 0 Å². The first-order valence-electron chi connectivity index (χ1n) is 3.61. The lowest BCUT2D eigenvalue weighted by atomic mass is 10.3. The first-order chi connectivity index (χ1) is 6.09. The van der Waals surface area contributed by atoms with Gasteiger partial charge in [0.05, 0.1) is 5.69 Å². The zero-order chi connectivity index (χ0) is 9.84. The van der Waals surface area contributed by atoms with Crippen molar-refractivity contribution in [3.63, 3.8) is 0 Å². The van der Waals surface area contributed by atoms with Crippen LogP contribution >= 0.6 is 11.6 Å². The Morgan fingerprint density at radius 1 is 1.38 bits per heavy atom. The molecule has 0 aromatic heterocycles. The third-order valence-electron chi connectivity index (χ3n) is 1.44. The molecule has 1 unspecified atom stereocenters. The van der Waals surface area contributed by atoms with Crippen molar-refractivity contribution in [2.45, 2.75) is 5.75 Å². The molecule has 13 heavy (non-hydrogen) atoms. The molecule has 0 aliphatic rings. The Hall–Kier alpha value is -0.970. The van der Waals surface area contributed by atoms with Crippen molar-refractivity contribution in [3.05, 3.63) is 24.3 Å². The van der Waals surface area contributed by atoms with Gasteiger partial charge in [0, 0.05) is 7.05 Å². The topological polar surface area (TPSA) is 52.9 Å². The quantitative estimate of drug-likeness (QED) is 0.443. The van der Waals surface area contributed by atoms with E-state index in [0.29, 0.717) is 11.4 Å². The van der Waals surface area contributed by atoms with Crippen LogP contribution in [-0.2, 0) is 0 Å². The summed E-state index contributed by atoms with van der Waals surface area (Å²) in [6.07, 6.45) is 0. The number of hydrogen-bond acceptors (Lipinski definition) is 4. The van der Waals surface area contributed by atoms with Crippen molar-refractivity contribution >= 4 is 17.3 Å². The maximum absolute atomic E-state index is 9.01. The minimum absolute atomic E-state index is 0.438. The Labute approximate surface area is 80.9 Å². The summed E-state index contributed by atoms with van der Waals surface area (Å²) in [7, 11) is 1.51. The molecule has 72 valence electrons. The maximum Gasteiger partial charge on any atom is 0.277 e. The van der Waals surface area contributed by atoms with E-state index in [0.717, 1.165) is 5.06 Å². The van der Waals surface area contributed by atoms with Crippen molar-refractivity contribution in [2.24, 2.45) is 0 Å². The highest BCUT2D eigenvalue weighted by Gasteiger charge is 2.01. The Bertz CT molecular complexity index is 261. The number of benzene rings is 1. The summed E-state index contributed by atoms with van der Waals surface area (Å²) in [5, 5.41) is 18.7. The number of nitrogens with zero attached hydrogens (tertiary/aromatic N) is 1. The molecule has 0 spiro atoms. The minimum Gasteiger partial charge on any atom is -0.451 e. The SMILES string of the molecule is CN(O)c1ccc(OC(O)Cl)cc1. The van der Waals surface area contributed by atoms with Gasteiger partial charge < -0.3 is 9.84 Å². The second-order valence-corrected chi connectivity index (χ2v) is 2.80. The number of aliphatic hydroxyl groups excluding tert-OH is 1. The Morgan fingerprint density at radius 3 is 2.31 bits per heavy atom. The van der Waals surface area contributed by atoms with E-state index in [1.165, 1.54) is 7.05 Å². The third kappa shape index (κ3) is 3.10. The summed E-state index contributed by atoms with van der Waals surface area (Å²) in [5.74, 6) is -0.911. The van der Waals surface area contributed by atoms with Crippen LogP contribution in [0, 0.1) is 0 Å². The highest BCUT2D eigenvalue weighted by atomic mass is 35.5. The molecule has 0 aliphatic heterocycles. The van der Waals surface area contributed by atoms with Gasteiger partial charge in [0.2, 0.25) is 0 Å². The highest BCUT2D eigenvalue weighted by molar-refractivity contribution is 6.18. The van der Waals surface area contributed by atoms with Gasteiger partial charge in [-0.3, -0.25) is 10.3 Å². The number of anilines is 1. The number of halogens is 1. The predicted molar refractivity (Wildman–Crippen MR) is 49.1 cm³/mol. The maximum atomic E-state index is 9.01. The average Bonchev–Trinajstić information content (AvgIpc) is 2.04. The molecule has 1 aromatic carbocycles. The van der Waals surface area contributed by atoms with Gasteiger partial charge in [-0.05, 0) is 35.9 Å². The molecule has 5 heteroatoms. The summed E-state index contributed by atoms with van der Waals surface area (Å²) < 4.78 is 4.77. The molecule has 0 saturated carbocycles. The zero-order valence-corrected chi connectivity index (χ0v) is 7.77. The summed E-state index contributed by atoms with van der Waals surface area (Å²) in [6, 6.07) is 6.45. The van der Waals surface area contributed by atoms with Crippen LogP contribution in [0.15, 0.2) is 24.3 Å². The van der Waals surface area contributed by atoms with Crippen LogP contribution in [-0.4, -0.2) is 23.1 Å². The van der Waals surface area contributed by atoms with Crippen molar-refractivity contribution in [1.29, 1.82) is 0 Å². The molecule has 1 atom stereocenters. The number of rotatable bonds is 3. The van der Waals surface area contributed by atoms with E-state index in [-0.39, 0.29) is 0 Å². The van der Waals surface area contributed by atoms with Crippen LogP contribution in [0.25, 0.3) is 0 Å². The zero-order valence-electron chi connectivity index (χ0n) is 7.01. The standard InChI is InChI=1S/C8H10ClNO3/c1-10(12)6-2-4-7(5-3-6)13-8(9)11/h2-5,8,11-12H,1H3. The molecule has 0 radical (unpaired) electrons. The summed E-state index contributed by atoms with van der Waals surface area (Å²) in [4.78, 5) is 0. The fourth-order valence-electron chi connectivity index (χ4n) is 0.853. The second kappa shape index (κ2) is 4.32. The number of ether oxygens (including phenoxy) is 1. The van der Waals surface area contributed by atoms with Crippen molar-refractivity contribution in [2.75, 3.05) is 12.1 Å². The lowest BCUT2D eigenvalue weighted by Gasteiger charge is -2.11.